The standard InChI is InChI=1S/C16H26O2.C14H20O4.C12H22O2.6CH4/c1-4-16(2,3)15(17)18-14-9-10-8-13(14)12-7-5-6-11(10)12;1-4-14(2,3)13(16)18-10-7-5-8-9(6-7)12(15)17-11(8)10;1-5-11(2,3)10(13)14-12(4)8-6-7-9-12;;;;;;/h10-14H,4-9H2,1-3H3;7-11H,4-6H2,1-3H3;5-9H2,1-4H3;6*1H4. The quantitative estimate of drug-likeness (QED) is 0.168. The van der Waals surface area contributed by atoms with Crippen LogP contribution in [0.4, 0.5) is 0 Å². The number of esters is 4. The molecular weight excluding hydrogens is 705 g/mol. The molecule has 10 atom stereocenters. The van der Waals surface area contributed by atoms with Crippen LogP contribution in [0.3, 0.4) is 0 Å². The maximum Gasteiger partial charge on any atom is 0.312 e. The molecule has 0 amide bonds. The van der Waals surface area contributed by atoms with Gasteiger partial charge in [0.05, 0.1) is 22.2 Å². The van der Waals surface area contributed by atoms with Crippen LogP contribution in [0.25, 0.3) is 0 Å². The number of ether oxygens (including phenoxy) is 4. The van der Waals surface area contributed by atoms with Crippen LogP contribution in [-0.2, 0) is 38.1 Å². The molecule has 0 aromatic heterocycles. The van der Waals surface area contributed by atoms with Crippen LogP contribution in [0.5, 0.6) is 0 Å². The molecule has 332 valence electrons. The summed E-state index contributed by atoms with van der Waals surface area (Å²) in [6.07, 6.45) is 15.3. The number of rotatable bonds is 9. The van der Waals surface area contributed by atoms with Crippen molar-refractivity contribution in [2.24, 2.45) is 57.7 Å². The third-order valence-electron chi connectivity index (χ3n) is 14.6. The van der Waals surface area contributed by atoms with Crippen molar-refractivity contribution in [2.45, 2.75) is 228 Å². The van der Waals surface area contributed by atoms with E-state index in [1.165, 1.54) is 38.5 Å². The third kappa shape index (κ3) is 11.3. The van der Waals surface area contributed by atoms with Gasteiger partial charge < -0.3 is 18.9 Å². The lowest BCUT2D eigenvalue weighted by Crippen LogP contribution is -2.39. The zero-order valence-electron chi connectivity index (χ0n) is 32.9. The molecule has 1 saturated heterocycles. The van der Waals surface area contributed by atoms with E-state index >= 15 is 0 Å². The minimum Gasteiger partial charge on any atom is -0.462 e. The van der Waals surface area contributed by atoms with Crippen molar-refractivity contribution in [3.63, 3.8) is 0 Å². The highest BCUT2D eigenvalue weighted by atomic mass is 16.6. The fourth-order valence-electron chi connectivity index (χ4n) is 9.81. The molecule has 56 heavy (non-hydrogen) atoms. The maximum absolute atomic E-state index is 12.2. The summed E-state index contributed by atoms with van der Waals surface area (Å²) >= 11 is 0. The Kier molecular flexibility index (Phi) is 21.2. The van der Waals surface area contributed by atoms with Crippen LogP contribution >= 0.6 is 0 Å². The zero-order valence-corrected chi connectivity index (χ0v) is 32.9. The Bertz CT molecular complexity index is 1260. The molecule has 1 heterocycles. The van der Waals surface area contributed by atoms with Crippen LogP contribution in [0.2, 0.25) is 0 Å². The molecule has 8 nitrogen and oxygen atoms in total. The molecular formula is C48H92O8. The predicted octanol–water partition coefficient (Wildman–Crippen LogP) is 12.8. The van der Waals surface area contributed by atoms with Crippen LogP contribution in [-0.4, -0.2) is 47.8 Å². The Labute approximate surface area is 346 Å². The van der Waals surface area contributed by atoms with Crippen molar-refractivity contribution in [1.82, 2.24) is 0 Å². The van der Waals surface area contributed by atoms with E-state index < -0.39 is 5.41 Å². The first-order valence-electron chi connectivity index (χ1n) is 20.2. The van der Waals surface area contributed by atoms with Crippen molar-refractivity contribution in [3.05, 3.63) is 0 Å². The molecule has 7 fully saturated rings. The van der Waals surface area contributed by atoms with Crippen LogP contribution in [0.1, 0.15) is 204 Å². The Morgan fingerprint density at radius 3 is 1.64 bits per heavy atom. The van der Waals surface area contributed by atoms with E-state index in [9.17, 15) is 19.2 Å². The number of fused-ring (bicyclic) bond motifs is 6. The normalized spacial score (nSPS) is 31.9. The predicted molar refractivity (Wildman–Crippen MR) is 232 cm³/mol. The van der Waals surface area contributed by atoms with Gasteiger partial charge in [0.25, 0.3) is 0 Å². The lowest BCUT2D eigenvalue weighted by Gasteiger charge is -2.33. The van der Waals surface area contributed by atoms with Gasteiger partial charge in [0, 0.05) is 11.8 Å². The fourth-order valence-corrected chi connectivity index (χ4v) is 9.81. The summed E-state index contributed by atoms with van der Waals surface area (Å²) < 4.78 is 22.5. The van der Waals surface area contributed by atoms with E-state index in [0.717, 1.165) is 69.1 Å². The molecule has 6 aliphatic carbocycles. The molecule has 4 bridgehead atoms. The highest BCUT2D eigenvalue weighted by Gasteiger charge is 2.63. The van der Waals surface area contributed by atoms with Gasteiger partial charge in [-0.05, 0) is 156 Å². The Morgan fingerprint density at radius 1 is 0.625 bits per heavy atom. The Balaban J connectivity index is 0. The molecule has 0 spiro atoms. The molecule has 0 aromatic rings. The smallest absolute Gasteiger partial charge is 0.312 e. The van der Waals surface area contributed by atoms with Crippen molar-refractivity contribution in [2.75, 3.05) is 0 Å². The topological polar surface area (TPSA) is 105 Å². The van der Waals surface area contributed by atoms with Gasteiger partial charge in [-0.15, -0.1) is 0 Å². The van der Waals surface area contributed by atoms with Gasteiger partial charge in [0.2, 0.25) is 0 Å². The van der Waals surface area contributed by atoms with Gasteiger partial charge in [-0.2, -0.15) is 0 Å². The van der Waals surface area contributed by atoms with Crippen molar-refractivity contribution < 1.29 is 38.1 Å². The second-order valence-electron chi connectivity index (χ2n) is 19.1. The summed E-state index contributed by atoms with van der Waals surface area (Å²) in [7, 11) is 0. The van der Waals surface area contributed by atoms with E-state index in [-0.39, 0.29) is 109 Å². The second kappa shape index (κ2) is 21.2. The Hall–Kier alpha value is -2.12. The molecule has 7 rings (SSSR count). The largest absolute Gasteiger partial charge is 0.462 e. The number of hydrogen-bond acceptors (Lipinski definition) is 8. The summed E-state index contributed by atoms with van der Waals surface area (Å²) in [6.45, 7) is 19.8. The molecule has 0 N–H and O–H groups in total. The number of carbonyl (C=O) groups is 4. The lowest BCUT2D eigenvalue weighted by atomic mass is 9.80. The van der Waals surface area contributed by atoms with Gasteiger partial charge in [0.15, 0.2) is 0 Å². The minimum atomic E-state index is -0.455. The molecule has 10 unspecified atom stereocenters. The summed E-state index contributed by atoms with van der Waals surface area (Å²) in [5.41, 5.74) is -1.27. The first kappa shape index (κ1) is 56.0. The summed E-state index contributed by atoms with van der Waals surface area (Å²) in [6, 6.07) is 0. The van der Waals surface area contributed by atoms with Crippen LogP contribution in [0, 0.1) is 57.7 Å². The molecule has 6 saturated carbocycles. The van der Waals surface area contributed by atoms with E-state index in [4.69, 9.17) is 18.9 Å². The van der Waals surface area contributed by atoms with Gasteiger partial charge >= 0.3 is 23.9 Å². The first-order valence-corrected chi connectivity index (χ1v) is 20.2. The Morgan fingerprint density at radius 2 is 1.11 bits per heavy atom. The fraction of sp³-hybridized carbons (Fsp3) is 0.917. The van der Waals surface area contributed by atoms with Crippen molar-refractivity contribution >= 4 is 23.9 Å². The molecule has 0 radical (unpaired) electrons. The summed E-state index contributed by atoms with van der Waals surface area (Å²) in [4.78, 5) is 47.8. The average molecular weight is 797 g/mol. The first-order chi connectivity index (χ1) is 23.4. The van der Waals surface area contributed by atoms with E-state index in [2.05, 4.69) is 13.8 Å². The van der Waals surface area contributed by atoms with Gasteiger partial charge in [0.1, 0.15) is 23.9 Å². The maximum atomic E-state index is 12.2. The molecule has 7 aliphatic rings. The highest BCUT2D eigenvalue weighted by Crippen LogP contribution is 2.60. The molecule has 1 aliphatic heterocycles. The SMILES string of the molecule is C.C.C.C.C.C.CCC(C)(C)C(=O)OC1(C)CCCC1.CCC(C)(C)C(=O)OC1C2CC3C(=O)OC1C3C2.CCC(C)(C)C(=O)OC1CC2CC1C1CCCC21. The third-order valence-corrected chi connectivity index (χ3v) is 14.6. The highest BCUT2D eigenvalue weighted by molar-refractivity contribution is 5.78. The van der Waals surface area contributed by atoms with Crippen LogP contribution < -0.4 is 0 Å². The lowest BCUT2D eigenvalue weighted by molar-refractivity contribution is -0.170. The van der Waals surface area contributed by atoms with E-state index in [1.807, 2.05) is 55.4 Å². The van der Waals surface area contributed by atoms with E-state index in [0.29, 0.717) is 17.8 Å². The second-order valence-corrected chi connectivity index (χ2v) is 19.1. The van der Waals surface area contributed by atoms with Crippen molar-refractivity contribution in [1.29, 1.82) is 0 Å². The minimum absolute atomic E-state index is 0. The number of hydrogen-bond donors (Lipinski definition) is 0. The van der Waals surface area contributed by atoms with Gasteiger partial charge in [-0.3, -0.25) is 19.2 Å². The van der Waals surface area contributed by atoms with E-state index in [1.54, 1.807) is 0 Å². The van der Waals surface area contributed by atoms with Gasteiger partial charge in [-0.25, -0.2) is 0 Å². The monoisotopic (exact) mass is 797 g/mol. The van der Waals surface area contributed by atoms with Gasteiger partial charge in [-0.1, -0.05) is 71.8 Å². The molecule has 0 aromatic carbocycles. The summed E-state index contributed by atoms with van der Waals surface area (Å²) in [5, 5.41) is 0. The zero-order chi connectivity index (χ0) is 36.8. The average Bonchev–Trinajstić information content (AvgIpc) is 3.92. The van der Waals surface area contributed by atoms with Crippen LogP contribution in [0.15, 0.2) is 0 Å². The summed E-state index contributed by atoms with van der Waals surface area (Å²) in [5.74, 6) is 3.86. The van der Waals surface area contributed by atoms with Crippen molar-refractivity contribution in [3.8, 4) is 0 Å². The molecule has 8 heteroatoms. The number of carbonyl (C=O) groups excluding carboxylic acids is 4.